The number of hydrogen-bond acceptors (Lipinski definition) is 4. The molecule has 1 saturated heterocycles. The number of nitrogen functional groups attached to an aromatic ring is 1. The summed E-state index contributed by atoms with van der Waals surface area (Å²) in [5.74, 6) is 1.62. The first-order chi connectivity index (χ1) is 9.83. The lowest BCUT2D eigenvalue weighted by Gasteiger charge is -2.26. The maximum absolute atomic E-state index is 6.17. The number of anilines is 1. The van der Waals surface area contributed by atoms with Crippen molar-refractivity contribution in [3.63, 3.8) is 0 Å². The highest BCUT2D eigenvalue weighted by molar-refractivity contribution is 5.58. The van der Waals surface area contributed by atoms with Gasteiger partial charge in [-0.3, -0.25) is 4.90 Å². The molecule has 0 bridgehead atoms. The Labute approximate surface area is 120 Å². The second kappa shape index (κ2) is 6.35. The van der Waals surface area contributed by atoms with Crippen LogP contribution in [0.1, 0.15) is 37.7 Å². The van der Waals surface area contributed by atoms with Gasteiger partial charge in [0.2, 0.25) is 0 Å². The molecule has 20 heavy (non-hydrogen) atoms. The lowest BCUT2D eigenvalue weighted by molar-refractivity contribution is 0.171. The minimum absolute atomic E-state index is 0.609. The van der Waals surface area contributed by atoms with Crippen LogP contribution in [0.25, 0.3) is 0 Å². The third-order valence-corrected chi connectivity index (χ3v) is 4.15. The van der Waals surface area contributed by atoms with Crippen molar-refractivity contribution in [1.29, 1.82) is 0 Å². The summed E-state index contributed by atoms with van der Waals surface area (Å²) >= 11 is 0. The molecule has 0 spiro atoms. The van der Waals surface area contributed by atoms with E-state index in [9.17, 15) is 0 Å². The van der Waals surface area contributed by atoms with E-state index in [2.05, 4.69) is 11.0 Å². The fourth-order valence-corrected chi connectivity index (χ4v) is 3.00. The van der Waals surface area contributed by atoms with Crippen molar-refractivity contribution in [2.45, 2.75) is 38.6 Å². The number of nitrogens with two attached hydrogens (primary N) is 1. The second-order valence-electron chi connectivity index (χ2n) is 5.74. The largest absolute Gasteiger partial charge is 0.486 e. The van der Waals surface area contributed by atoms with Gasteiger partial charge in [-0.25, -0.2) is 0 Å². The Hall–Kier alpha value is -1.42. The summed E-state index contributed by atoms with van der Waals surface area (Å²) in [6.07, 6.45) is 6.69. The summed E-state index contributed by atoms with van der Waals surface area (Å²) in [6, 6.07) is 3.97. The van der Waals surface area contributed by atoms with Crippen LogP contribution in [0.5, 0.6) is 11.5 Å². The van der Waals surface area contributed by atoms with Crippen molar-refractivity contribution < 1.29 is 9.47 Å². The van der Waals surface area contributed by atoms with Crippen LogP contribution < -0.4 is 15.2 Å². The van der Waals surface area contributed by atoms with Gasteiger partial charge in [0, 0.05) is 18.3 Å². The predicted molar refractivity (Wildman–Crippen MR) is 80.2 cm³/mol. The Morgan fingerprint density at radius 2 is 1.50 bits per heavy atom. The van der Waals surface area contributed by atoms with Crippen molar-refractivity contribution in [2.24, 2.45) is 0 Å². The number of ether oxygens (including phenoxy) is 2. The fourth-order valence-electron chi connectivity index (χ4n) is 3.00. The summed E-state index contributed by atoms with van der Waals surface area (Å²) in [5, 5.41) is 0. The molecule has 2 heterocycles. The first-order valence-corrected chi connectivity index (χ1v) is 7.73. The van der Waals surface area contributed by atoms with E-state index < -0.39 is 0 Å². The average Bonchev–Trinajstić information content (AvgIpc) is 2.42. The van der Waals surface area contributed by atoms with Crippen LogP contribution in [0.2, 0.25) is 0 Å². The van der Waals surface area contributed by atoms with E-state index in [1.54, 1.807) is 0 Å². The van der Waals surface area contributed by atoms with Gasteiger partial charge in [0.15, 0.2) is 11.5 Å². The van der Waals surface area contributed by atoms with E-state index in [4.69, 9.17) is 15.2 Å². The number of nitrogens with zero attached hydrogens (tertiary/aromatic N) is 1. The highest BCUT2D eigenvalue weighted by atomic mass is 16.6. The molecule has 0 radical (unpaired) electrons. The first kappa shape index (κ1) is 13.6. The van der Waals surface area contributed by atoms with Crippen LogP contribution in [0.4, 0.5) is 5.69 Å². The minimum atomic E-state index is 0.609. The molecule has 2 N–H and O–H groups in total. The van der Waals surface area contributed by atoms with Crippen LogP contribution in [0, 0.1) is 0 Å². The highest BCUT2D eigenvalue weighted by Gasteiger charge is 2.16. The highest BCUT2D eigenvalue weighted by Crippen LogP contribution is 2.35. The van der Waals surface area contributed by atoms with Crippen molar-refractivity contribution in [3.8, 4) is 11.5 Å². The molecule has 3 rings (SSSR count). The number of hydrogen-bond donors (Lipinski definition) is 1. The summed E-state index contributed by atoms with van der Waals surface area (Å²) < 4.78 is 11.2. The SMILES string of the molecule is Nc1cc2c(cc1CN1CCCCCCC1)OCCO2. The average molecular weight is 276 g/mol. The van der Waals surface area contributed by atoms with Gasteiger partial charge < -0.3 is 15.2 Å². The Bertz CT molecular complexity index is 454. The summed E-state index contributed by atoms with van der Waals surface area (Å²) in [5.41, 5.74) is 8.15. The van der Waals surface area contributed by atoms with Gasteiger partial charge in [-0.15, -0.1) is 0 Å². The van der Waals surface area contributed by atoms with Crippen LogP contribution in [0.3, 0.4) is 0 Å². The van der Waals surface area contributed by atoms with Gasteiger partial charge in [0.1, 0.15) is 13.2 Å². The minimum Gasteiger partial charge on any atom is -0.486 e. The molecule has 1 fully saturated rings. The summed E-state index contributed by atoms with van der Waals surface area (Å²) in [7, 11) is 0. The number of rotatable bonds is 2. The molecule has 2 aliphatic heterocycles. The molecular weight excluding hydrogens is 252 g/mol. The standard InChI is InChI=1S/C16H24N2O2/c17-14-11-16-15(19-8-9-20-16)10-13(14)12-18-6-4-2-1-3-5-7-18/h10-11H,1-9,12,17H2. The molecule has 0 saturated carbocycles. The smallest absolute Gasteiger partial charge is 0.163 e. The van der Waals surface area contributed by atoms with Crippen LogP contribution in [-0.4, -0.2) is 31.2 Å². The zero-order chi connectivity index (χ0) is 13.8. The molecule has 110 valence electrons. The lowest BCUT2D eigenvalue weighted by Crippen LogP contribution is -2.27. The number of fused-ring (bicyclic) bond motifs is 1. The zero-order valence-electron chi connectivity index (χ0n) is 12.1. The van der Waals surface area contributed by atoms with Gasteiger partial charge in [0.25, 0.3) is 0 Å². The predicted octanol–water partition coefficient (Wildman–Crippen LogP) is 2.81. The topological polar surface area (TPSA) is 47.7 Å². The van der Waals surface area contributed by atoms with Crippen molar-refractivity contribution in [1.82, 2.24) is 4.90 Å². The van der Waals surface area contributed by atoms with E-state index in [1.165, 1.54) is 45.2 Å². The summed E-state index contributed by atoms with van der Waals surface area (Å²) in [4.78, 5) is 2.51. The molecule has 4 nitrogen and oxygen atoms in total. The maximum Gasteiger partial charge on any atom is 0.163 e. The van der Waals surface area contributed by atoms with Crippen LogP contribution in [-0.2, 0) is 6.54 Å². The molecule has 0 amide bonds. The summed E-state index contributed by atoms with van der Waals surface area (Å²) in [6.45, 7) is 4.50. The molecule has 2 aliphatic rings. The molecule has 1 aromatic rings. The van der Waals surface area contributed by atoms with E-state index in [1.807, 2.05) is 6.07 Å². The van der Waals surface area contributed by atoms with Gasteiger partial charge >= 0.3 is 0 Å². The molecular formula is C16H24N2O2. The van der Waals surface area contributed by atoms with E-state index in [0.717, 1.165) is 29.3 Å². The van der Waals surface area contributed by atoms with Gasteiger partial charge in [-0.2, -0.15) is 0 Å². The molecule has 0 unspecified atom stereocenters. The second-order valence-corrected chi connectivity index (χ2v) is 5.74. The monoisotopic (exact) mass is 276 g/mol. The first-order valence-electron chi connectivity index (χ1n) is 7.73. The number of benzene rings is 1. The normalized spacial score (nSPS) is 20.2. The van der Waals surface area contributed by atoms with E-state index in [0.29, 0.717) is 13.2 Å². The quantitative estimate of drug-likeness (QED) is 0.844. The van der Waals surface area contributed by atoms with Gasteiger partial charge in [-0.05, 0) is 37.6 Å². The molecule has 0 aliphatic carbocycles. The van der Waals surface area contributed by atoms with Crippen molar-refractivity contribution in [2.75, 3.05) is 32.0 Å². The number of likely N-dealkylation sites (tertiary alicyclic amines) is 1. The van der Waals surface area contributed by atoms with Crippen LogP contribution >= 0.6 is 0 Å². The lowest BCUT2D eigenvalue weighted by atomic mass is 10.1. The fraction of sp³-hybridized carbons (Fsp3) is 0.625. The van der Waals surface area contributed by atoms with Crippen molar-refractivity contribution in [3.05, 3.63) is 17.7 Å². The van der Waals surface area contributed by atoms with Crippen LogP contribution in [0.15, 0.2) is 12.1 Å². The van der Waals surface area contributed by atoms with Gasteiger partial charge in [0.05, 0.1) is 0 Å². The Morgan fingerprint density at radius 1 is 0.900 bits per heavy atom. The third kappa shape index (κ3) is 3.18. The Balaban J connectivity index is 1.72. The van der Waals surface area contributed by atoms with E-state index in [-0.39, 0.29) is 0 Å². The molecule has 4 heteroatoms. The van der Waals surface area contributed by atoms with Gasteiger partial charge in [-0.1, -0.05) is 19.3 Å². The third-order valence-electron chi connectivity index (χ3n) is 4.15. The Kier molecular flexibility index (Phi) is 4.31. The van der Waals surface area contributed by atoms with Crippen molar-refractivity contribution >= 4 is 5.69 Å². The Morgan fingerprint density at radius 3 is 2.20 bits per heavy atom. The maximum atomic E-state index is 6.17. The molecule has 0 atom stereocenters. The van der Waals surface area contributed by atoms with E-state index >= 15 is 0 Å². The zero-order valence-corrected chi connectivity index (χ0v) is 12.1. The molecule has 0 aromatic heterocycles. The molecule has 1 aromatic carbocycles.